The summed E-state index contributed by atoms with van der Waals surface area (Å²) in [6, 6.07) is 9.84. The number of hydrogen-bond donors (Lipinski definition) is 0. The van der Waals surface area contributed by atoms with E-state index in [2.05, 4.69) is 0 Å². The molecule has 0 amide bonds. The van der Waals surface area contributed by atoms with Crippen LogP contribution in [0.15, 0.2) is 47.4 Å². The number of rotatable bonds is 5. The maximum Gasteiger partial charge on any atom is 0.306 e. The van der Waals surface area contributed by atoms with E-state index < -0.39 is 26.5 Å². The zero-order valence-electron chi connectivity index (χ0n) is 12.6. The molecule has 0 radical (unpaired) electrons. The highest BCUT2D eigenvalue weighted by Crippen LogP contribution is 2.24. The van der Waals surface area contributed by atoms with Gasteiger partial charge in [-0.05, 0) is 30.2 Å². The first-order valence-corrected chi connectivity index (χ1v) is 8.12. The summed E-state index contributed by atoms with van der Waals surface area (Å²) < 4.78 is 39.5. The number of nitro groups is 1. The average molecular weight is 338 g/mol. The van der Waals surface area contributed by atoms with Gasteiger partial charge in [0.05, 0.1) is 9.82 Å². The van der Waals surface area contributed by atoms with Crippen LogP contribution in [0.25, 0.3) is 0 Å². The van der Waals surface area contributed by atoms with Gasteiger partial charge in [0.2, 0.25) is 15.8 Å². The first-order chi connectivity index (χ1) is 10.7. The van der Waals surface area contributed by atoms with E-state index in [0.29, 0.717) is 0 Å². The van der Waals surface area contributed by atoms with Crippen LogP contribution in [0.3, 0.4) is 0 Å². The van der Waals surface area contributed by atoms with Crippen molar-refractivity contribution < 1.29 is 17.7 Å². The van der Waals surface area contributed by atoms with Crippen molar-refractivity contribution in [1.82, 2.24) is 4.31 Å². The average Bonchev–Trinajstić information content (AvgIpc) is 2.49. The van der Waals surface area contributed by atoms with Crippen LogP contribution in [-0.2, 0) is 16.6 Å². The van der Waals surface area contributed by atoms with Gasteiger partial charge in [0, 0.05) is 19.7 Å². The number of aryl methyl sites for hydroxylation is 1. The summed E-state index contributed by atoms with van der Waals surface area (Å²) in [5.41, 5.74) is 0.880. The van der Waals surface area contributed by atoms with Crippen molar-refractivity contribution in [2.45, 2.75) is 18.4 Å². The van der Waals surface area contributed by atoms with Crippen LogP contribution in [0.2, 0.25) is 0 Å². The Morgan fingerprint density at radius 1 is 1.22 bits per heavy atom. The van der Waals surface area contributed by atoms with Crippen molar-refractivity contribution in [2.24, 2.45) is 0 Å². The monoisotopic (exact) mass is 338 g/mol. The highest BCUT2D eigenvalue weighted by Gasteiger charge is 2.25. The Hall–Kier alpha value is -2.32. The normalized spacial score (nSPS) is 11.7. The van der Waals surface area contributed by atoms with E-state index in [-0.39, 0.29) is 11.4 Å². The van der Waals surface area contributed by atoms with Crippen LogP contribution in [0.5, 0.6) is 0 Å². The van der Waals surface area contributed by atoms with Crippen molar-refractivity contribution >= 4 is 15.7 Å². The second-order valence-electron chi connectivity index (χ2n) is 5.06. The Labute approximate surface area is 133 Å². The maximum atomic E-state index is 13.4. The van der Waals surface area contributed by atoms with E-state index >= 15 is 0 Å². The molecule has 2 aromatic carbocycles. The van der Waals surface area contributed by atoms with E-state index in [0.717, 1.165) is 33.6 Å². The summed E-state index contributed by atoms with van der Waals surface area (Å²) in [6.45, 7) is 1.97. The van der Waals surface area contributed by atoms with Crippen LogP contribution >= 0.6 is 0 Å². The lowest BCUT2D eigenvalue weighted by atomic mass is 10.1. The van der Waals surface area contributed by atoms with Crippen molar-refractivity contribution in [1.29, 1.82) is 0 Å². The Kier molecular flexibility index (Phi) is 4.76. The van der Waals surface area contributed by atoms with E-state index in [1.165, 1.54) is 7.05 Å². The Morgan fingerprint density at radius 2 is 1.87 bits per heavy atom. The summed E-state index contributed by atoms with van der Waals surface area (Å²) >= 11 is 0. The number of hydrogen-bond acceptors (Lipinski definition) is 4. The second kappa shape index (κ2) is 6.43. The fourth-order valence-electron chi connectivity index (χ4n) is 2.09. The van der Waals surface area contributed by atoms with Gasteiger partial charge in [0.1, 0.15) is 0 Å². The van der Waals surface area contributed by atoms with Gasteiger partial charge in [0.25, 0.3) is 0 Å². The minimum absolute atomic E-state index is 0.111. The summed E-state index contributed by atoms with van der Waals surface area (Å²) in [7, 11) is -2.59. The van der Waals surface area contributed by atoms with Gasteiger partial charge < -0.3 is 0 Å². The van der Waals surface area contributed by atoms with E-state index in [1.54, 1.807) is 12.1 Å². The molecule has 0 aliphatic carbocycles. The number of halogens is 1. The predicted molar refractivity (Wildman–Crippen MR) is 82.9 cm³/mol. The fraction of sp³-hybridized carbons (Fsp3) is 0.200. The Bertz CT molecular complexity index is 852. The molecule has 2 aromatic rings. The number of sulfonamides is 1. The first-order valence-electron chi connectivity index (χ1n) is 6.68. The van der Waals surface area contributed by atoms with Crippen molar-refractivity contribution in [3.63, 3.8) is 0 Å². The van der Waals surface area contributed by atoms with Crippen LogP contribution in [0.4, 0.5) is 10.1 Å². The van der Waals surface area contributed by atoms with Gasteiger partial charge in [0.15, 0.2) is 0 Å². The lowest BCUT2D eigenvalue weighted by Crippen LogP contribution is -2.27. The molecule has 8 heteroatoms. The molecule has 2 rings (SSSR count). The molecule has 0 unspecified atom stereocenters. The number of benzene rings is 2. The van der Waals surface area contributed by atoms with Crippen LogP contribution < -0.4 is 0 Å². The van der Waals surface area contributed by atoms with Gasteiger partial charge >= 0.3 is 5.69 Å². The third-order valence-electron chi connectivity index (χ3n) is 3.48. The number of nitro benzene ring substituents is 1. The lowest BCUT2D eigenvalue weighted by Gasteiger charge is -2.18. The third kappa shape index (κ3) is 3.54. The molecule has 0 aromatic heterocycles. The predicted octanol–water partition coefficient (Wildman–Crippen LogP) is 2.86. The van der Waals surface area contributed by atoms with E-state index in [4.69, 9.17) is 0 Å². The molecular weight excluding hydrogens is 323 g/mol. The quantitative estimate of drug-likeness (QED) is 0.620. The van der Waals surface area contributed by atoms with Crippen molar-refractivity contribution in [3.05, 3.63) is 69.5 Å². The molecule has 0 saturated heterocycles. The first kappa shape index (κ1) is 17.0. The van der Waals surface area contributed by atoms with E-state index in [9.17, 15) is 22.9 Å². The summed E-state index contributed by atoms with van der Waals surface area (Å²) in [5, 5.41) is 10.8. The minimum Gasteiger partial charge on any atom is -0.258 e. The summed E-state index contributed by atoms with van der Waals surface area (Å²) in [5.74, 6) is -1.07. The molecule has 6 nitrogen and oxygen atoms in total. The standard InChI is InChI=1S/C15H15FN2O4S/c1-11-5-3-4-6-12(11)10-17(2)23(21,22)13-7-8-14(16)15(9-13)18(19)20/h3-9H,10H2,1-2H3. The molecule has 0 aliphatic heterocycles. The molecule has 0 spiro atoms. The highest BCUT2D eigenvalue weighted by atomic mass is 32.2. The Morgan fingerprint density at radius 3 is 2.48 bits per heavy atom. The van der Waals surface area contributed by atoms with Crippen molar-refractivity contribution in [2.75, 3.05) is 7.05 Å². The molecular formula is C15H15FN2O4S. The van der Waals surface area contributed by atoms with Crippen molar-refractivity contribution in [3.8, 4) is 0 Å². The van der Waals surface area contributed by atoms with Crippen LogP contribution in [0.1, 0.15) is 11.1 Å². The highest BCUT2D eigenvalue weighted by molar-refractivity contribution is 7.89. The number of nitrogens with zero attached hydrogens (tertiary/aromatic N) is 2. The molecule has 0 saturated carbocycles. The van der Waals surface area contributed by atoms with Crippen LogP contribution in [-0.4, -0.2) is 24.7 Å². The topological polar surface area (TPSA) is 80.5 Å². The Balaban J connectivity index is 2.36. The molecule has 0 heterocycles. The maximum absolute atomic E-state index is 13.4. The molecule has 0 aliphatic rings. The molecule has 0 fully saturated rings. The summed E-state index contributed by atoms with van der Waals surface area (Å²) in [4.78, 5) is 9.50. The van der Waals surface area contributed by atoms with Gasteiger partial charge in [-0.15, -0.1) is 0 Å². The van der Waals surface area contributed by atoms with Gasteiger partial charge in [-0.1, -0.05) is 24.3 Å². The van der Waals surface area contributed by atoms with Gasteiger partial charge in [-0.3, -0.25) is 10.1 Å². The van der Waals surface area contributed by atoms with Crippen LogP contribution in [0, 0.1) is 22.9 Å². The molecule has 122 valence electrons. The molecule has 23 heavy (non-hydrogen) atoms. The molecule has 0 N–H and O–H groups in total. The zero-order chi connectivity index (χ0) is 17.2. The third-order valence-corrected chi connectivity index (χ3v) is 5.28. The SMILES string of the molecule is Cc1ccccc1CN(C)S(=O)(=O)c1ccc(F)c([N+](=O)[O-])c1. The molecule has 0 bridgehead atoms. The molecule has 0 atom stereocenters. The van der Waals surface area contributed by atoms with Gasteiger partial charge in [-0.25, -0.2) is 8.42 Å². The van der Waals surface area contributed by atoms with E-state index in [1.807, 2.05) is 19.1 Å². The zero-order valence-corrected chi connectivity index (χ0v) is 13.4. The van der Waals surface area contributed by atoms with Gasteiger partial charge in [-0.2, -0.15) is 8.70 Å². The smallest absolute Gasteiger partial charge is 0.258 e. The summed E-state index contributed by atoms with van der Waals surface area (Å²) in [6.07, 6.45) is 0. The second-order valence-corrected chi connectivity index (χ2v) is 7.10. The largest absolute Gasteiger partial charge is 0.306 e. The minimum atomic E-state index is -3.96. The fourth-order valence-corrected chi connectivity index (χ4v) is 3.25. The lowest BCUT2D eigenvalue weighted by molar-refractivity contribution is -0.387.